The second-order valence-corrected chi connectivity index (χ2v) is 4.31. The normalized spacial score (nSPS) is 12.3. The Hall–Kier alpha value is -2.30. The van der Waals surface area contributed by atoms with E-state index in [0.29, 0.717) is 5.69 Å². The molecule has 0 bridgehead atoms. The van der Waals surface area contributed by atoms with Gasteiger partial charge in [-0.15, -0.1) is 0 Å². The summed E-state index contributed by atoms with van der Waals surface area (Å²) in [5.41, 5.74) is 13.5. The molecule has 0 radical (unpaired) electrons. The van der Waals surface area contributed by atoms with Gasteiger partial charge in [-0.25, -0.2) is 0 Å². The van der Waals surface area contributed by atoms with Gasteiger partial charge in [-0.1, -0.05) is 0 Å². The molecule has 2 aromatic rings. The molecule has 0 aliphatic heterocycles. The first-order valence-corrected chi connectivity index (χ1v) is 5.76. The highest BCUT2D eigenvalue weighted by atomic mass is 16.1. The van der Waals surface area contributed by atoms with Crippen molar-refractivity contribution >= 4 is 28.2 Å². The molecule has 0 saturated heterocycles. The minimum atomic E-state index is -0.337. The van der Waals surface area contributed by atoms with Crippen molar-refractivity contribution in [3.05, 3.63) is 30.5 Å². The van der Waals surface area contributed by atoms with Crippen LogP contribution in [0.4, 0.5) is 11.4 Å². The molecule has 1 amide bonds. The summed E-state index contributed by atoms with van der Waals surface area (Å²) >= 11 is 0. The van der Waals surface area contributed by atoms with Crippen LogP contribution in [0.2, 0.25) is 0 Å². The predicted molar refractivity (Wildman–Crippen MR) is 73.1 cm³/mol. The number of rotatable bonds is 4. The van der Waals surface area contributed by atoms with E-state index in [1.54, 1.807) is 6.20 Å². The number of aromatic nitrogens is 1. The van der Waals surface area contributed by atoms with E-state index in [-0.39, 0.29) is 18.4 Å². The quantitative estimate of drug-likeness (QED) is 0.710. The summed E-state index contributed by atoms with van der Waals surface area (Å²) in [6.07, 6.45) is 2.00. The highest BCUT2D eigenvalue weighted by Crippen LogP contribution is 2.27. The Morgan fingerprint density at radius 1 is 1.44 bits per heavy atom. The fourth-order valence-electron chi connectivity index (χ4n) is 1.92. The average Bonchev–Trinajstić information content (AvgIpc) is 2.32. The number of nitrogens with two attached hydrogens (primary N) is 2. The summed E-state index contributed by atoms with van der Waals surface area (Å²) < 4.78 is 0. The molecular weight excluding hydrogens is 228 g/mol. The van der Waals surface area contributed by atoms with Crippen molar-refractivity contribution in [2.75, 3.05) is 11.1 Å². The van der Waals surface area contributed by atoms with Gasteiger partial charge in [0.2, 0.25) is 5.91 Å². The molecule has 1 aromatic heterocycles. The molecule has 0 aliphatic rings. The first kappa shape index (κ1) is 12.2. The van der Waals surface area contributed by atoms with Gasteiger partial charge in [-0.3, -0.25) is 9.78 Å². The maximum atomic E-state index is 10.8. The summed E-state index contributed by atoms with van der Waals surface area (Å²) in [6, 6.07) is 7.46. The van der Waals surface area contributed by atoms with E-state index in [1.165, 1.54) is 0 Å². The minimum absolute atomic E-state index is 0.0566. The van der Waals surface area contributed by atoms with Gasteiger partial charge in [0.15, 0.2) is 0 Å². The standard InChI is InChI=1S/C13H16N4O/c1-8(7-12(14)18)17-11-5-4-10-9(13(11)15)3-2-6-16-10/h2-6,8,17H,7,15H2,1H3,(H2,14,18). The molecule has 2 rings (SSSR count). The number of carbonyl (C=O) groups is 1. The largest absolute Gasteiger partial charge is 0.397 e. The Morgan fingerprint density at radius 3 is 2.94 bits per heavy atom. The van der Waals surface area contributed by atoms with Crippen molar-refractivity contribution in [1.82, 2.24) is 4.98 Å². The van der Waals surface area contributed by atoms with E-state index in [2.05, 4.69) is 10.3 Å². The van der Waals surface area contributed by atoms with E-state index in [4.69, 9.17) is 11.5 Å². The number of anilines is 2. The summed E-state index contributed by atoms with van der Waals surface area (Å²) in [7, 11) is 0. The number of hydrogen-bond acceptors (Lipinski definition) is 4. The highest BCUT2D eigenvalue weighted by molar-refractivity contribution is 5.96. The minimum Gasteiger partial charge on any atom is -0.397 e. The lowest BCUT2D eigenvalue weighted by molar-refractivity contribution is -0.118. The molecule has 18 heavy (non-hydrogen) atoms. The summed E-state index contributed by atoms with van der Waals surface area (Å²) in [4.78, 5) is 15.1. The first-order valence-electron chi connectivity index (χ1n) is 5.76. The van der Waals surface area contributed by atoms with Crippen molar-refractivity contribution in [2.24, 2.45) is 5.73 Å². The average molecular weight is 244 g/mol. The van der Waals surface area contributed by atoms with Crippen molar-refractivity contribution in [3.8, 4) is 0 Å². The molecule has 0 aliphatic carbocycles. The monoisotopic (exact) mass is 244 g/mol. The Kier molecular flexibility index (Phi) is 3.32. The van der Waals surface area contributed by atoms with Crippen LogP contribution in [-0.2, 0) is 4.79 Å². The molecular formula is C13H16N4O. The summed E-state index contributed by atoms with van der Waals surface area (Å²) in [5, 5.41) is 4.08. The second kappa shape index (κ2) is 4.91. The van der Waals surface area contributed by atoms with Gasteiger partial charge in [0.05, 0.1) is 16.9 Å². The number of fused-ring (bicyclic) bond motifs is 1. The fourth-order valence-corrected chi connectivity index (χ4v) is 1.92. The van der Waals surface area contributed by atoms with Gasteiger partial charge >= 0.3 is 0 Å². The number of hydrogen-bond donors (Lipinski definition) is 3. The van der Waals surface area contributed by atoms with Crippen LogP contribution in [0.5, 0.6) is 0 Å². The third kappa shape index (κ3) is 2.51. The molecule has 94 valence electrons. The van der Waals surface area contributed by atoms with Crippen LogP contribution in [0.25, 0.3) is 10.9 Å². The lowest BCUT2D eigenvalue weighted by Gasteiger charge is -2.16. The van der Waals surface area contributed by atoms with Gasteiger partial charge in [0, 0.05) is 24.0 Å². The van der Waals surface area contributed by atoms with Gasteiger partial charge in [0.1, 0.15) is 0 Å². The molecule has 0 saturated carbocycles. The molecule has 1 heterocycles. The molecule has 5 heteroatoms. The van der Waals surface area contributed by atoms with E-state index in [1.807, 2.05) is 31.2 Å². The number of pyridine rings is 1. The number of amides is 1. The van der Waals surface area contributed by atoms with Gasteiger partial charge in [-0.05, 0) is 31.2 Å². The van der Waals surface area contributed by atoms with Crippen LogP contribution >= 0.6 is 0 Å². The smallest absolute Gasteiger partial charge is 0.219 e. The molecule has 1 aromatic carbocycles. The molecule has 5 nitrogen and oxygen atoms in total. The van der Waals surface area contributed by atoms with Crippen LogP contribution in [0.3, 0.4) is 0 Å². The van der Waals surface area contributed by atoms with Gasteiger partial charge in [0.25, 0.3) is 0 Å². The van der Waals surface area contributed by atoms with Crippen molar-refractivity contribution in [2.45, 2.75) is 19.4 Å². The molecule has 0 spiro atoms. The van der Waals surface area contributed by atoms with Gasteiger partial charge < -0.3 is 16.8 Å². The van der Waals surface area contributed by atoms with Crippen molar-refractivity contribution in [3.63, 3.8) is 0 Å². The maximum Gasteiger partial charge on any atom is 0.219 e. The van der Waals surface area contributed by atoms with Crippen molar-refractivity contribution < 1.29 is 4.79 Å². The maximum absolute atomic E-state index is 10.8. The Balaban J connectivity index is 2.29. The number of nitrogens with one attached hydrogen (secondary N) is 1. The second-order valence-electron chi connectivity index (χ2n) is 4.31. The highest BCUT2D eigenvalue weighted by Gasteiger charge is 2.09. The third-order valence-corrected chi connectivity index (χ3v) is 2.74. The summed E-state index contributed by atoms with van der Waals surface area (Å²) in [5.74, 6) is -0.337. The fraction of sp³-hybridized carbons (Fsp3) is 0.231. The molecule has 0 fully saturated rings. The molecule has 1 unspecified atom stereocenters. The SMILES string of the molecule is CC(CC(N)=O)Nc1ccc2ncccc2c1N. The molecule has 5 N–H and O–H groups in total. The van der Waals surface area contributed by atoms with E-state index >= 15 is 0 Å². The van der Waals surface area contributed by atoms with E-state index < -0.39 is 0 Å². The Labute approximate surface area is 105 Å². The lowest BCUT2D eigenvalue weighted by Crippen LogP contribution is -2.24. The number of nitrogens with zero attached hydrogens (tertiary/aromatic N) is 1. The Bertz CT molecular complexity index is 582. The predicted octanol–water partition coefficient (Wildman–Crippen LogP) is 1.49. The lowest BCUT2D eigenvalue weighted by atomic mass is 10.1. The number of primary amides is 1. The van der Waals surface area contributed by atoms with E-state index in [9.17, 15) is 4.79 Å². The molecule has 1 atom stereocenters. The topological polar surface area (TPSA) is 94.0 Å². The zero-order chi connectivity index (χ0) is 13.1. The number of benzene rings is 1. The first-order chi connectivity index (χ1) is 8.58. The third-order valence-electron chi connectivity index (χ3n) is 2.74. The summed E-state index contributed by atoms with van der Waals surface area (Å²) in [6.45, 7) is 1.89. The van der Waals surface area contributed by atoms with Crippen molar-refractivity contribution in [1.29, 1.82) is 0 Å². The van der Waals surface area contributed by atoms with Gasteiger partial charge in [-0.2, -0.15) is 0 Å². The van der Waals surface area contributed by atoms with E-state index in [0.717, 1.165) is 16.6 Å². The Morgan fingerprint density at radius 2 is 2.22 bits per heavy atom. The zero-order valence-corrected chi connectivity index (χ0v) is 10.2. The van der Waals surface area contributed by atoms with Crippen LogP contribution in [0.15, 0.2) is 30.5 Å². The number of nitrogen functional groups attached to an aromatic ring is 1. The van der Waals surface area contributed by atoms with Crippen LogP contribution in [0.1, 0.15) is 13.3 Å². The van der Waals surface area contributed by atoms with Crippen LogP contribution < -0.4 is 16.8 Å². The van der Waals surface area contributed by atoms with Crippen LogP contribution in [-0.4, -0.2) is 16.9 Å². The van der Waals surface area contributed by atoms with Crippen LogP contribution in [0, 0.1) is 0 Å². The zero-order valence-electron chi connectivity index (χ0n) is 10.2. The number of carbonyl (C=O) groups excluding carboxylic acids is 1.